The molecule has 3 aliphatic rings. The molecule has 3 aliphatic heterocycles. The van der Waals surface area contributed by atoms with Gasteiger partial charge in [-0.2, -0.15) is 0 Å². The van der Waals surface area contributed by atoms with Gasteiger partial charge in [0, 0.05) is 23.8 Å². The Labute approximate surface area is 185 Å². The van der Waals surface area contributed by atoms with Gasteiger partial charge in [0.15, 0.2) is 11.5 Å². The molecule has 0 amide bonds. The second-order valence-electron chi connectivity index (χ2n) is 8.85. The third-order valence-electron chi connectivity index (χ3n) is 7.17. The minimum absolute atomic E-state index is 0.112. The second-order valence-corrected chi connectivity index (χ2v) is 8.85. The van der Waals surface area contributed by atoms with Crippen LogP contribution in [0.3, 0.4) is 0 Å². The molecule has 7 heteroatoms. The number of aromatic amines is 1. The lowest BCUT2D eigenvalue weighted by Gasteiger charge is -2.35. The number of rotatable bonds is 2. The molecule has 0 atom stereocenters. The van der Waals surface area contributed by atoms with Crippen LogP contribution in [0.15, 0.2) is 55.0 Å². The SMILES string of the molecule is c1nc(N2CC3(CCNCC3)c3cc(-c4ccc5c(c4)OCO5)ccc32)c2cc[nH]c2n1. The summed E-state index contributed by atoms with van der Waals surface area (Å²) in [5.74, 6) is 2.61. The van der Waals surface area contributed by atoms with Gasteiger partial charge in [0.2, 0.25) is 6.79 Å². The molecule has 5 heterocycles. The lowest BCUT2D eigenvalue weighted by atomic mass is 9.74. The zero-order valence-electron chi connectivity index (χ0n) is 17.6. The van der Waals surface area contributed by atoms with Crippen LogP contribution >= 0.6 is 0 Å². The van der Waals surface area contributed by atoms with Crippen molar-refractivity contribution in [1.29, 1.82) is 0 Å². The van der Waals surface area contributed by atoms with Crippen molar-refractivity contribution in [3.8, 4) is 22.6 Å². The van der Waals surface area contributed by atoms with Gasteiger partial charge in [-0.05, 0) is 73.0 Å². The Balaban J connectivity index is 1.38. The molecule has 4 aromatic rings. The van der Waals surface area contributed by atoms with E-state index in [1.807, 2.05) is 12.3 Å². The fourth-order valence-electron chi connectivity index (χ4n) is 5.52. The van der Waals surface area contributed by atoms with Crippen molar-refractivity contribution < 1.29 is 9.47 Å². The number of hydrogen-bond acceptors (Lipinski definition) is 6. The Morgan fingerprint density at radius 2 is 1.75 bits per heavy atom. The van der Waals surface area contributed by atoms with E-state index < -0.39 is 0 Å². The molecule has 2 aromatic carbocycles. The van der Waals surface area contributed by atoms with E-state index in [2.05, 4.69) is 56.6 Å². The van der Waals surface area contributed by atoms with Crippen molar-refractivity contribution in [2.24, 2.45) is 0 Å². The molecule has 32 heavy (non-hydrogen) atoms. The highest BCUT2D eigenvalue weighted by Gasteiger charge is 2.44. The molecule has 1 fully saturated rings. The van der Waals surface area contributed by atoms with Gasteiger partial charge in [0.05, 0.1) is 5.39 Å². The van der Waals surface area contributed by atoms with Gasteiger partial charge in [-0.1, -0.05) is 12.1 Å². The fourth-order valence-corrected chi connectivity index (χ4v) is 5.52. The van der Waals surface area contributed by atoms with Crippen molar-refractivity contribution >= 4 is 22.5 Å². The van der Waals surface area contributed by atoms with Crippen LogP contribution in [-0.4, -0.2) is 41.4 Å². The lowest BCUT2D eigenvalue weighted by molar-refractivity contribution is 0.174. The number of piperidine rings is 1. The van der Waals surface area contributed by atoms with Crippen LogP contribution in [0.5, 0.6) is 11.5 Å². The quantitative estimate of drug-likeness (QED) is 0.503. The monoisotopic (exact) mass is 425 g/mol. The summed E-state index contributed by atoms with van der Waals surface area (Å²) in [5.41, 5.74) is 6.00. The summed E-state index contributed by atoms with van der Waals surface area (Å²) in [6, 6.07) is 15.1. The molecule has 2 aromatic heterocycles. The fraction of sp³-hybridized carbons (Fsp3) is 0.280. The van der Waals surface area contributed by atoms with E-state index in [9.17, 15) is 0 Å². The first-order valence-electron chi connectivity index (χ1n) is 11.1. The van der Waals surface area contributed by atoms with E-state index in [1.165, 1.54) is 16.8 Å². The summed E-state index contributed by atoms with van der Waals surface area (Å²) in [4.78, 5) is 14.7. The molecule has 0 aliphatic carbocycles. The number of H-pyrrole nitrogens is 1. The van der Waals surface area contributed by atoms with Gasteiger partial charge in [-0.25, -0.2) is 9.97 Å². The number of hydrogen-bond donors (Lipinski definition) is 2. The van der Waals surface area contributed by atoms with Gasteiger partial charge < -0.3 is 24.7 Å². The Morgan fingerprint density at radius 3 is 2.69 bits per heavy atom. The zero-order valence-corrected chi connectivity index (χ0v) is 17.6. The van der Waals surface area contributed by atoms with Crippen LogP contribution in [0.25, 0.3) is 22.2 Å². The maximum atomic E-state index is 5.62. The first-order chi connectivity index (χ1) is 15.8. The van der Waals surface area contributed by atoms with Gasteiger partial charge in [-0.3, -0.25) is 0 Å². The topological polar surface area (TPSA) is 75.3 Å². The van der Waals surface area contributed by atoms with Gasteiger partial charge in [-0.15, -0.1) is 0 Å². The average molecular weight is 425 g/mol. The Kier molecular flexibility index (Phi) is 3.78. The third-order valence-corrected chi connectivity index (χ3v) is 7.17. The van der Waals surface area contributed by atoms with Crippen molar-refractivity contribution in [3.05, 3.63) is 60.6 Å². The second kappa shape index (κ2) is 6.71. The number of nitrogens with one attached hydrogen (secondary N) is 2. The number of aromatic nitrogens is 3. The third kappa shape index (κ3) is 2.58. The summed E-state index contributed by atoms with van der Waals surface area (Å²) >= 11 is 0. The van der Waals surface area contributed by atoms with Gasteiger partial charge in [0.25, 0.3) is 0 Å². The Morgan fingerprint density at radius 1 is 0.906 bits per heavy atom. The van der Waals surface area contributed by atoms with E-state index in [1.54, 1.807) is 6.33 Å². The summed E-state index contributed by atoms with van der Waals surface area (Å²) in [6.45, 7) is 3.29. The van der Waals surface area contributed by atoms with Gasteiger partial charge >= 0.3 is 0 Å². The van der Waals surface area contributed by atoms with Crippen LogP contribution in [0, 0.1) is 0 Å². The van der Waals surface area contributed by atoms with Crippen LogP contribution in [-0.2, 0) is 5.41 Å². The molecule has 7 nitrogen and oxygen atoms in total. The first kappa shape index (κ1) is 18.0. The predicted molar refractivity (Wildman–Crippen MR) is 123 cm³/mol. The van der Waals surface area contributed by atoms with Crippen molar-refractivity contribution in [3.63, 3.8) is 0 Å². The highest BCUT2D eigenvalue weighted by atomic mass is 16.7. The zero-order chi connectivity index (χ0) is 21.1. The van der Waals surface area contributed by atoms with Crippen LogP contribution in [0.4, 0.5) is 11.5 Å². The van der Waals surface area contributed by atoms with Crippen LogP contribution in [0.1, 0.15) is 18.4 Å². The highest BCUT2D eigenvalue weighted by molar-refractivity contribution is 5.91. The standard InChI is InChI=1S/C25H23N5O2/c1-3-20-19(11-16(1)17-2-4-21-22(12-17)32-15-31-21)25(6-9-26-10-7-25)13-30(20)24-18-5-8-27-23(18)28-14-29-24/h1-5,8,11-12,14,26H,6-7,9-10,13,15H2,(H,27,28,29). The summed E-state index contributed by atoms with van der Waals surface area (Å²) in [6.07, 6.45) is 5.82. The number of fused-ring (bicyclic) bond motifs is 4. The van der Waals surface area contributed by atoms with Crippen molar-refractivity contribution in [2.45, 2.75) is 18.3 Å². The minimum atomic E-state index is 0.112. The van der Waals surface area contributed by atoms with Crippen LogP contribution in [0.2, 0.25) is 0 Å². The average Bonchev–Trinajstić information content (AvgIpc) is 3.57. The number of anilines is 2. The molecular weight excluding hydrogens is 402 g/mol. The Bertz CT molecular complexity index is 1340. The summed E-state index contributed by atoms with van der Waals surface area (Å²) in [7, 11) is 0. The molecule has 1 saturated heterocycles. The molecule has 0 unspecified atom stereocenters. The molecule has 7 rings (SSSR count). The van der Waals surface area contributed by atoms with Crippen molar-refractivity contribution in [2.75, 3.05) is 31.3 Å². The van der Waals surface area contributed by atoms with E-state index in [0.717, 1.165) is 66.4 Å². The van der Waals surface area contributed by atoms with Gasteiger partial charge in [0.1, 0.15) is 17.8 Å². The molecule has 2 N–H and O–H groups in total. The summed E-state index contributed by atoms with van der Waals surface area (Å²) < 4.78 is 11.1. The molecule has 0 bridgehead atoms. The molecule has 1 spiro atoms. The minimum Gasteiger partial charge on any atom is -0.454 e. The Hall–Kier alpha value is -3.58. The number of benzene rings is 2. The van der Waals surface area contributed by atoms with Crippen molar-refractivity contribution in [1.82, 2.24) is 20.3 Å². The lowest BCUT2D eigenvalue weighted by Crippen LogP contribution is -2.42. The maximum absolute atomic E-state index is 5.62. The summed E-state index contributed by atoms with van der Waals surface area (Å²) in [5, 5.41) is 4.60. The highest BCUT2D eigenvalue weighted by Crippen LogP contribution is 2.50. The molecule has 160 valence electrons. The molecule has 0 saturated carbocycles. The number of nitrogens with zero attached hydrogens (tertiary/aromatic N) is 3. The normalized spacial score (nSPS) is 18.4. The number of ether oxygens (including phenoxy) is 2. The van der Waals surface area contributed by atoms with E-state index in [0.29, 0.717) is 6.79 Å². The first-order valence-corrected chi connectivity index (χ1v) is 11.1. The molecule has 0 radical (unpaired) electrons. The largest absolute Gasteiger partial charge is 0.454 e. The van der Waals surface area contributed by atoms with Crippen LogP contribution < -0.4 is 19.7 Å². The smallest absolute Gasteiger partial charge is 0.231 e. The van der Waals surface area contributed by atoms with E-state index >= 15 is 0 Å². The van der Waals surface area contributed by atoms with E-state index in [-0.39, 0.29) is 5.41 Å². The maximum Gasteiger partial charge on any atom is 0.231 e. The van der Waals surface area contributed by atoms with E-state index in [4.69, 9.17) is 14.5 Å². The molecular formula is C25H23N5O2. The predicted octanol–water partition coefficient (Wildman–Crippen LogP) is 4.13.